The number of esters is 5. The Kier molecular flexibility index (Phi) is 15.5. The monoisotopic (exact) mass is 751 g/mol. The van der Waals surface area contributed by atoms with E-state index >= 15 is 0 Å². The van der Waals surface area contributed by atoms with Crippen LogP contribution in [0.15, 0.2) is 60.7 Å². The van der Waals surface area contributed by atoms with Crippen molar-refractivity contribution in [3.63, 3.8) is 0 Å². The number of amides is 1. The second-order valence-electron chi connectivity index (χ2n) is 11.5. The van der Waals surface area contributed by atoms with Gasteiger partial charge in [-0.05, 0) is 11.1 Å². The average Bonchev–Trinajstić information content (AvgIpc) is 3.08. The second-order valence-corrected chi connectivity index (χ2v) is 13.1. The van der Waals surface area contributed by atoms with Crippen molar-refractivity contribution in [1.82, 2.24) is 5.32 Å². The van der Waals surface area contributed by atoms with Crippen LogP contribution in [0.3, 0.4) is 0 Å². The van der Waals surface area contributed by atoms with Crippen LogP contribution in [0.25, 0.3) is 0 Å². The molecule has 1 saturated heterocycles. The number of hydrogen-bond acceptors (Lipinski definition) is 16. The zero-order valence-electron chi connectivity index (χ0n) is 29.5. The standard InChI is InChI=1S/C34H42NO16P/c1-21(36)35-30-28(47-23(3)38)17-34(33(41)43-6,50-32(30)31(49-25(5)40)29(48-24(4)39)20-44-22(2)37)51-52(42,45-18-26-13-9-7-10-14-26)46-19-27-15-11-8-12-16-27/h7-16,28-32H,17-20H2,1-6H3,(H,35,36)/t28-,29+,30+,31-,32+,34+/m0/s1. The third kappa shape index (κ3) is 12.5. The molecule has 1 heterocycles. The fourth-order valence-electron chi connectivity index (χ4n) is 5.22. The van der Waals surface area contributed by atoms with Crippen LogP contribution in [0.2, 0.25) is 0 Å². The molecule has 0 aromatic heterocycles. The van der Waals surface area contributed by atoms with E-state index in [4.69, 9.17) is 42.0 Å². The molecule has 0 unspecified atom stereocenters. The maximum atomic E-state index is 14.6. The molecular weight excluding hydrogens is 709 g/mol. The van der Waals surface area contributed by atoms with Gasteiger partial charge in [-0.15, -0.1) is 0 Å². The maximum absolute atomic E-state index is 14.6. The van der Waals surface area contributed by atoms with Gasteiger partial charge in [-0.2, -0.15) is 0 Å². The van der Waals surface area contributed by atoms with Gasteiger partial charge in [-0.1, -0.05) is 60.7 Å². The van der Waals surface area contributed by atoms with E-state index in [1.54, 1.807) is 60.7 Å². The highest BCUT2D eigenvalue weighted by atomic mass is 31.2. The first-order valence-electron chi connectivity index (χ1n) is 15.9. The zero-order valence-corrected chi connectivity index (χ0v) is 30.4. The van der Waals surface area contributed by atoms with E-state index in [0.29, 0.717) is 11.1 Å². The van der Waals surface area contributed by atoms with Crippen molar-refractivity contribution < 1.29 is 75.3 Å². The highest BCUT2D eigenvalue weighted by Crippen LogP contribution is 2.56. The maximum Gasteiger partial charge on any atom is 0.478 e. The number of phosphoric acid groups is 1. The molecule has 2 aromatic rings. The summed E-state index contributed by atoms with van der Waals surface area (Å²) in [5, 5.41) is 2.55. The molecule has 1 aliphatic heterocycles. The Morgan fingerprint density at radius 2 is 1.35 bits per heavy atom. The minimum Gasteiger partial charge on any atom is -0.465 e. The molecule has 18 heteroatoms. The zero-order chi connectivity index (χ0) is 38.5. The van der Waals surface area contributed by atoms with Crippen LogP contribution in [-0.2, 0) is 88.5 Å². The van der Waals surface area contributed by atoms with Crippen LogP contribution in [-0.4, -0.2) is 85.7 Å². The van der Waals surface area contributed by atoms with Crippen LogP contribution in [0, 0.1) is 0 Å². The van der Waals surface area contributed by atoms with Crippen LogP contribution in [0.1, 0.15) is 52.2 Å². The Balaban J connectivity index is 2.23. The number of rotatable bonds is 17. The lowest BCUT2D eigenvalue weighted by atomic mass is 9.88. The Morgan fingerprint density at radius 1 is 0.808 bits per heavy atom. The number of methoxy groups -OCH3 is 1. The van der Waals surface area contributed by atoms with Gasteiger partial charge in [0.05, 0.1) is 32.8 Å². The summed E-state index contributed by atoms with van der Waals surface area (Å²) in [6, 6.07) is 15.5. The topological polar surface area (TPSA) is 215 Å². The first-order valence-corrected chi connectivity index (χ1v) is 17.4. The van der Waals surface area contributed by atoms with Crippen LogP contribution in [0.5, 0.6) is 0 Å². The molecule has 0 aliphatic carbocycles. The van der Waals surface area contributed by atoms with E-state index < -0.39 is 92.8 Å². The highest BCUT2D eigenvalue weighted by Gasteiger charge is 2.62. The Morgan fingerprint density at radius 3 is 1.79 bits per heavy atom. The van der Waals surface area contributed by atoms with Crippen molar-refractivity contribution in [2.75, 3.05) is 13.7 Å². The normalized spacial score (nSPS) is 21.1. The Hall–Kier alpha value is -4.67. The predicted molar refractivity (Wildman–Crippen MR) is 176 cm³/mol. The molecular formula is C34H42NO16P. The minimum absolute atomic E-state index is 0.345. The predicted octanol–water partition coefficient (Wildman–Crippen LogP) is 3.07. The Labute approximate surface area is 300 Å². The molecule has 0 spiro atoms. The summed E-state index contributed by atoms with van der Waals surface area (Å²) in [6.45, 7) is 3.85. The van der Waals surface area contributed by atoms with Gasteiger partial charge in [0.15, 0.2) is 12.2 Å². The van der Waals surface area contributed by atoms with Crippen LogP contribution < -0.4 is 5.32 Å². The number of carbonyl (C=O) groups is 6. The quantitative estimate of drug-likeness (QED) is 0.140. The molecule has 3 rings (SSSR count). The van der Waals surface area contributed by atoms with Crippen molar-refractivity contribution in [3.8, 4) is 0 Å². The van der Waals surface area contributed by atoms with Gasteiger partial charge in [0.25, 0.3) is 5.79 Å². The van der Waals surface area contributed by atoms with Gasteiger partial charge < -0.3 is 33.7 Å². The highest BCUT2D eigenvalue weighted by molar-refractivity contribution is 7.48. The lowest BCUT2D eigenvalue weighted by Gasteiger charge is -2.48. The lowest BCUT2D eigenvalue weighted by molar-refractivity contribution is -0.294. The molecule has 1 fully saturated rings. The van der Waals surface area contributed by atoms with Gasteiger partial charge in [0.1, 0.15) is 18.8 Å². The Bertz CT molecular complexity index is 1560. The first kappa shape index (κ1) is 41.7. The fourth-order valence-corrected chi connectivity index (χ4v) is 6.57. The lowest BCUT2D eigenvalue weighted by Crippen LogP contribution is -2.69. The molecule has 0 radical (unpaired) electrons. The molecule has 284 valence electrons. The van der Waals surface area contributed by atoms with E-state index in [1.165, 1.54) is 0 Å². The number of benzene rings is 2. The summed E-state index contributed by atoms with van der Waals surface area (Å²) in [5.41, 5.74) is 1.08. The molecule has 52 heavy (non-hydrogen) atoms. The summed E-state index contributed by atoms with van der Waals surface area (Å²) < 4.78 is 64.8. The molecule has 1 amide bonds. The third-order valence-corrected chi connectivity index (χ3v) is 8.63. The summed E-state index contributed by atoms with van der Waals surface area (Å²) in [4.78, 5) is 75.4. The summed E-state index contributed by atoms with van der Waals surface area (Å²) >= 11 is 0. The second kappa shape index (κ2) is 19.2. The number of ether oxygens (including phenoxy) is 6. The molecule has 0 saturated carbocycles. The summed E-state index contributed by atoms with van der Waals surface area (Å²) in [6.07, 6.45) is -7.67. The average molecular weight is 752 g/mol. The van der Waals surface area contributed by atoms with E-state index in [-0.39, 0.29) is 13.2 Å². The molecule has 6 atom stereocenters. The number of carbonyl (C=O) groups excluding carboxylic acids is 6. The summed E-state index contributed by atoms with van der Waals surface area (Å²) in [7, 11) is -3.97. The fraction of sp³-hybridized carbons (Fsp3) is 0.471. The van der Waals surface area contributed by atoms with Gasteiger partial charge >= 0.3 is 37.7 Å². The van der Waals surface area contributed by atoms with Crippen LogP contribution in [0.4, 0.5) is 0 Å². The van der Waals surface area contributed by atoms with E-state index in [9.17, 15) is 33.3 Å². The third-order valence-electron chi connectivity index (χ3n) is 7.22. The first-order chi connectivity index (χ1) is 24.6. The van der Waals surface area contributed by atoms with Gasteiger partial charge in [-0.25, -0.2) is 13.9 Å². The molecule has 2 aromatic carbocycles. The van der Waals surface area contributed by atoms with E-state index in [1.807, 2.05) is 0 Å². The van der Waals surface area contributed by atoms with Crippen LogP contribution >= 0.6 is 7.82 Å². The molecule has 1 aliphatic rings. The molecule has 0 bridgehead atoms. The van der Waals surface area contributed by atoms with Gasteiger partial charge in [0, 0.05) is 34.6 Å². The van der Waals surface area contributed by atoms with Crippen molar-refractivity contribution in [2.24, 2.45) is 0 Å². The number of phosphoric ester groups is 1. The number of hydrogen-bond donors (Lipinski definition) is 1. The molecule has 17 nitrogen and oxygen atoms in total. The van der Waals surface area contributed by atoms with Crippen molar-refractivity contribution in [2.45, 2.75) is 90.5 Å². The summed E-state index contributed by atoms with van der Waals surface area (Å²) in [5.74, 6) is -8.48. The largest absolute Gasteiger partial charge is 0.478 e. The van der Waals surface area contributed by atoms with Gasteiger partial charge in [0.2, 0.25) is 5.91 Å². The molecule has 1 N–H and O–H groups in total. The van der Waals surface area contributed by atoms with E-state index in [2.05, 4.69) is 5.32 Å². The van der Waals surface area contributed by atoms with Crippen molar-refractivity contribution >= 4 is 43.6 Å². The minimum atomic E-state index is -4.93. The SMILES string of the molecule is COC(=O)[C@]1(OP(=O)(OCc2ccccc2)OCc2ccccc2)C[C@H](OC(C)=O)[C@@H](NC(C)=O)[C@H]([C@@H](OC(C)=O)[C@@H](COC(C)=O)OC(C)=O)O1. The number of nitrogens with one attached hydrogen (secondary N) is 1. The van der Waals surface area contributed by atoms with E-state index in [0.717, 1.165) is 41.7 Å². The van der Waals surface area contributed by atoms with Crippen molar-refractivity contribution in [1.29, 1.82) is 0 Å². The van der Waals surface area contributed by atoms with Crippen molar-refractivity contribution in [3.05, 3.63) is 71.8 Å². The van der Waals surface area contributed by atoms with Gasteiger partial charge in [-0.3, -0.25) is 33.0 Å². The smallest absolute Gasteiger partial charge is 0.465 e.